The van der Waals surface area contributed by atoms with E-state index < -0.39 is 48.5 Å². The zero-order chi connectivity index (χ0) is 24.8. The number of nitrogens with two attached hydrogens (primary N) is 2. The van der Waals surface area contributed by atoms with Crippen LogP contribution in [0.2, 0.25) is 0 Å². The van der Waals surface area contributed by atoms with Crippen molar-refractivity contribution in [3.8, 4) is 0 Å². The average molecular weight is 465 g/mol. The van der Waals surface area contributed by atoms with Crippen LogP contribution in [0.25, 0.3) is 0 Å². The van der Waals surface area contributed by atoms with Crippen molar-refractivity contribution in [3.05, 3.63) is 64.7 Å². The van der Waals surface area contributed by atoms with Crippen LogP contribution in [0.5, 0.6) is 0 Å². The summed E-state index contributed by atoms with van der Waals surface area (Å²) in [6, 6.07) is 7.74. The highest BCUT2D eigenvalue weighted by Gasteiger charge is 2.32. The number of nitrogens with zero attached hydrogens (tertiary/aromatic N) is 1. The van der Waals surface area contributed by atoms with Gasteiger partial charge in [-0.05, 0) is 42.8 Å². The lowest BCUT2D eigenvalue weighted by molar-refractivity contribution is -0.138. The molecule has 0 fully saturated rings. The summed E-state index contributed by atoms with van der Waals surface area (Å²) in [5.41, 5.74) is 10.3. The summed E-state index contributed by atoms with van der Waals surface area (Å²) in [5.74, 6) is -2.95. The molecule has 1 atom stereocenters. The number of carbonyl (C=O) groups is 3. The van der Waals surface area contributed by atoms with Crippen LogP contribution in [0.4, 0.5) is 18.9 Å². The van der Waals surface area contributed by atoms with Gasteiger partial charge >= 0.3 is 12.1 Å². The van der Waals surface area contributed by atoms with E-state index in [1.807, 2.05) is 0 Å². The van der Waals surface area contributed by atoms with Crippen molar-refractivity contribution in [1.82, 2.24) is 10.6 Å². The molecule has 7 N–H and O–H groups in total. The highest BCUT2D eigenvalue weighted by molar-refractivity contribution is 5.97. The van der Waals surface area contributed by atoms with E-state index in [4.69, 9.17) is 16.6 Å². The van der Waals surface area contributed by atoms with Crippen LogP contribution in [0.1, 0.15) is 39.5 Å². The van der Waals surface area contributed by atoms with E-state index in [0.717, 1.165) is 12.1 Å². The molecule has 0 radical (unpaired) electrons. The Labute approximate surface area is 186 Å². The van der Waals surface area contributed by atoms with Gasteiger partial charge in [0, 0.05) is 5.56 Å². The number of carbonyl (C=O) groups excluding carboxylic acids is 2. The van der Waals surface area contributed by atoms with Gasteiger partial charge in [-0.3, -0.25) is 14.4 Å². The number of carboxylic acid groups (broad SMARTS) is 1. The number of halogens is 3. The van der Waals surface area contributed by atoms with Crippen molar-refractivity contribution >= 4 is 29.4 Å². The van der Waals surface area contributed by atoms with Gasteiger partial charge in [-0.2, -0.15) is 13.2 Å². The molecular weight excluding hydrogens is 443 g/mol. The smallest absolute Gasteiger partial charge is 0.416 e. The van der Waals surface area contributed by atoms with Crippen LogP contribution in [-0.2, 0) is 15.8 Å². The minimum absolute atomic E-state index is 0.0191. The summed E-state index contributed by atoms with van der Waals surface area (Å²) in [7, 11) is 0. The third kappa shape index (κ3) is 7.83. The van der Waals surface area contributed by atoms with Crippen molar-refractivity contribution < 1.29 is 32.7 Å². The molecule has 0 aliphatic carbocycles. The van der Waals surface area contributed by atoms with Gasteiger partial charge < -0.3 is 27.2 Å². The fourth-order valence-corrected chi connectivity index (χ4v) is 2.98. The second-order valence-corrected chi connectivity index (χ2v) is 7.12. The number of amides is 2. The van der Waals surface area contributed by atoms with Crippen LogP contribution in [0, 0.1) is 6.92 Å². The zero-order valence-electron chi connectivity index (χ0n) is 17.4. The first-order chi connectivity index (χ1) is 15.3. The van der Waals surface area contributed by atoms with Crippen molar-refractivity contribution in [2.75, 3.05) is 6.54 Å². The molecular formula is C21H22F3N5O4. The van der Waals surface area contributed by atoms with Gasteiger partial charge in [0.15, 0.2) is 5.96 Å². The number of hydrogen-bond donors (Lipinski definition) is 5. The van der Waals surface area contributed by atoms with Gasteiger partial charge in [0.1, 0.15) is 0 Å². The summed E-state index contributed by atoms with van der Waals surface area (Å²) < 4.78 is 39.4. The normalized spacial score (nSPS) is 11.9. The lowest BCUT2D eigenvalue weighted by Gasteiger charge is -2.20. The Morgan fingerprint density at radius 2 is 1.82 bits per heavy atom. The van der Waals surface area contributed by atoms with Crippen LogP contribution in [0.15, 0.2) is 47.5 Å². The van der Waals surface area contributed by atoms with E-state index in [1.54, 1.807) is 6.07 Å². The molecule has 0 aliphatic rings. The first kappa shape index (κ1) is 25.2. The molecule has 1 unspecified atom stereocenters. The molecule has 0 saturated carbocycles. The molecule has 0 spiro atoms. The van der Waals surface area contributed by atoms with Crippen molar-refractivity contribution in [2.24, 2.45) is 16.5 Å². The standard InChI is InChI=1S/C21H22F3N5O4/c1-11-5-13(7-14(6-11)21(22,23)24)16(9-18(31)32)29-17(30)10-27-19(33)12-3-2-4-15(8-12)28-20(25)26/h2-8,16H,9-10H2,1H3,(H,27,33)(H,29,30)(H,31,32)(H4,25,26,28). The van der Waals surface area contributed by atoms with E-state index in [1.165, 1.54) is 31.2 Å². The summed E-state index contributed by atoms with van der Waals surface area (Å²) in [6.07, 6.45) is -5.29. The number of alkyl halides is 3. The quantitative estimate of drug-likeness (QED) is 0.296. The SMILES string of the molecule is Cc1cc(C(CC(=O)O)NC(=O)CNC(=O)c2cccc(N=C(N)N)c2)cc(C(F)(F)F)c1. The predicted octanol–water partition coefficient (Wildman–Crippen LogP) is 1.98. The summed E-state index contributed by atoms with van der Waals surface area (Å²) in [4.78, 5) is 39.7. The van der Waals surface area contributed by atoms with Crippen molar-refractivity contribution in [2.45, 2.75) is 25.6 Å². The van der Waals surface area contributed by atoms with E-state index in [9.17, 15) is 27.6 Å². The number of aliphatic imine (C=N–C) groups is 1. The summed E-state index contributed by atoms with van der Waals surface area (Å²) >= 11 is 0. The Hall–Kier alpha value is -4.09. The lowest BCUT2D eigenvalue weighted by Crippen LogP contribution is -2.39. The number of rotatable bonds is 8. The largest absolute Gasteiger partial charge is 0.481 e. The van der Waals surface area contributed by atoms with E-state index >= 15 is 0 Å². The molecule has 0 aromatic heterocycles. The molecule has 2 aromatic carbocycles. The summed E-state index contributed by atoms with van der Waals surface area (Å²) in [6.45, 7) is 0.883. The van der Waals surface area contributed by atoms with Crippen LogP contribution in [0.3, 0.4) is 0 Å². The number of guanidine groups is 1. The molecule has 9 nitrogen and oxygen atoms in total. The maximum Gasteiger partial charge on any atom is 0.416 e. The second kappa shape index (κ2) is 10.5. The molecule has 33 heavy (non-hydrogen) atoms. The average Bonchev–Trinajstić information content (AvgIpc) is 2.69. The Balaban J connectivity index is 2.12. The monoisotopic (exact) mass is 465 g/mol. The molecule has 176 valence electrons. The molecule has 0 aliphatic heterocycles. The Morgan fingerprint density at radius 1 is 1.12 bits per heavy atom. The number of aryl methyl sites for hydroxylation is 1. The molecule has 2 rings (SSSR count). The van der Waals surface area contributed by atoms with Gasteiger partial charge in [-0.1, -0.05) is 17.7 Å². The highest BCUT2D eigenvalue weighted by atomic mass is 19.4. The fraction of sp³-hybridized carbons (Fsp3) is 0.238. The lowest BCUT2D eigenvalue weighted by atomic mass is 9.98. The Morgan fingerprint density at radius 3 is 2.42 bits per heavy atom. The van der Waals surface area contributed by atoms with E-state index in [0.29, 0.717) is 5.69 Å². The molecule has 0 saturated heterocycles. The van der Waals surface area contributed by atoms with Crippen LogP contribution < -0.4 is 22.1 Å². The van der Waals surface area contributed by atoms with Gasteiger partial charge in [0.2, 0.25) is 5.91 Å². The number of aliphatic carboxylic acids is 1. The number of hydrogen-bond acceptors (Lipinski definition) is 4. The number of nitrogens with one attached hydrogen (secondary N) is 2. The third-order valence-corrected chi connectivity index (χ3v) is 4.32. The number of carboxylic acids is 1. The fourth-order valence-electron chi connectivity index (χ4n) is 2.98. The first-order valence-electron chi connectivity index (χ1n) is 9.53. The maximum absolute atomic E-state index is 13.1. The number of benzene rings is 2. The van der Waals surface area contributed by atoms with Crippen LogP contribution in [-0.4, -0.2) is 35.4 Å². The maximum atomic E-state index is 13.1. The third-order valence-electron chi connectivity index (χ3n) is 4.32. The van der Waals surface area contributed by atoms with Gasteiger partial charge in [-0.15, -0.1) is 0 Å². The Kier molecular flexibility index (Phi) is 8.00. The van der Waals surface area contributed by atoms with Gasteiger partial charge in [0.05, 0.1) is 30.3 Å². The van der Waals surface area contributed by atoms with E-state index in [-0.39, 0.29) is 22.6 Å². The second-order valence-electron chi connectivity index (χ2n) is 7.12. The minimum atomic E-state index is -4.64. The zero-order valence-corrected chi connectivity index (χ0v) is 17.4. The van der Waals surface area contributed by atoms with Crippen LogP contribution >= 0.6 is 0 Å². The first-order valence-corrected chi connectivity index (χ1v) is 9.53. The molecule has 0 bridgehead atoms. The highest BCUT2D eigenvalue weighted by Crippen LogP contribution is 2.32. The molecule has 12 heteroatoms. The van der Waals surface area contributed by atoms with Crippen molar-refractivity contribution in [1.29, 1.82) is 0 Å². The summed E-state index contributed by atoms with van der Waals surface area (Å²) in [5, 5.41) is 13.8. The molecule has 2 amide bonds. The predicted molar refractivity (Wildman–Crippen MR) is 114 cm³/mol. The van der Waals surface area contributed by atoms with Gasteiger partial charge in [0.25, 0.3) is 5.91 Å². The van der Waals surface area contributed by atoms with Gasteiger partial charge in [-0.25, -0.2) is 4.99 Å². The molecule has 0 heterocycles. The minimum Gasteiger partial charge on any atom is -0.481 e. The topological polar surface area (TPSA) is 160 Å². The Bertz CT molecular complexity index is 1080. The van der Waals surface area contributed by atoms with E-state index in [2.05, 4.69) is 15.6 Å². The van der Waals surface area contributed by atoms with Crippen molar-refractivity contribution in [3.63, 3.8) is 0 Å². The molecule has 2 aromatic rings.